The fraction of sp³-hybridized carbons (Fsp3) is 0.389. The second-order valence-electron chi connectivity index (χ2n) is 5.97. The van der Waals surface area contributed by atoms with Crippen LogP contribution in [0.5, 0.6) is 0 Å². The summed E-state index contributed by atoms with van der Waals surface area (Å²) in [6, 6.07) is 9.33. The lowest BCUT2D eigenvalue weighted by atomic mass is 10.3. The van der Waals surface area contributed by atoms with E-state index in [0.29, 0.717) is 24.8 Å². The van der Waals surface area contributed by atoms with Gasteiger partial charge in [0.2, 0.25) is 11.9 Å². The van der Waals surface area contributed by atoms with Crippen LogP contribution in [-0.4, -0.2) is 55.9 Å². The van der Waals surface area contributed by atoms with Crippen molar-refractivity contribution in [3.8, 4) is 0 Å². The maximum Gasteiger partial charge on any atom is 0.250 e. The van der Waals surface area contributed by atoms with Crippen molar-refractivity contribution < 1.29 is 14.3 Å². The number of aromatic nitrogens is 2. The van der Waals surface area contributed by atoms with Gasteiger partial charge in [-0.3, -0.25) is 4.79 Å². The summed E-state index contributed by atoms with van der Waals surface area (Å²) >= 11 is 0. The summed E-state index contributed by atoms with van der Waals surface area (Å²) in [5.74, 6) is 1.25. The van der Waals surface area contributed by atoms with Crippen molar-refractivity contribution in [2.45, 2.75) is 6.92 Å². The maximum absolute atomic E-state index is 11.5. The molecule has 2 heterocycles. The molecule has 2 N–H and O–H groups in total. The van der Waals surface area contributed by atoms with E-state index in [1.807, 2.05) is 37.3 Å². The number of methoxy groups -OCH3 is 1. The molecule has 0 unspecified atom stereocenters. The molecule has 1 aliphatic heterocycles. The number of anilines is 4. The lowest BCUT2D eigenvalue weighted by Gasteiger charge is -2.28. The Hall–Kier alpha value is -2.71. The second-order valence-corrected chi connectivity index (χ2v) is 5.97. The molecular weight excluding hydrogens is 334 g/mol. The molecule has 1 aromatic heterocycles. The third-order valence-electron chi connectivity index (χ3n) is 3.88. The number of aryl methyl sites for hydroxylation is 1. The Balaban J connectivity index is 1.68. The average molecular weight is 357 g/mol. The maximum atomic E-state index is 11.5. The Morgan fingerprint density at radius 3 is 2.58 bits per heavy atom. The summed E-state index contributed by atoms with van der Waals surface area (Å²) < 4.78 is 10.2. The molecule has 0 spiro atoms. The van der Waals surface area contributed by atoms with Gasteiger partial charge in [0.1, 0.15) is 12.4 Å². The molecule has 1 fully saturated rings. The van der Waals surface area contributed by atoms with Gasteiger partial charge in [-0.15, -0.1) is 0 Å². The molecular formula is C18H23N5O3. The molecule has 1 saturated heterocycles. The first-order chi connectivity index (χ1) is 12.6. The molecule has 1 aliphatic rings. The highest BCUT2D eigenvalue weighted by molar-refractivity contribution is 5.91. The molecule has 2 aromatic rings. The first kappa shape index (κ1) is 18.1. The number of carbonyl (C=O) groups excluding carboxylic acids is 1. The van der Waals surface area contributed by atoms with Gasteiger partial charge in [0.25, 0.3) is 0 Å². The number of benzene rings is 1. The van der Waals surface area contributed by atoms with Gasteiger partial charge in [0.15, 0.2) is 0 Å². The first-order valence-electron chi connectivity index (χ1n) is 8.48. The number of nitrogens with one attached hydrogen (secondary N) is 2. The third-order valence-corrected chi connectivity index (χ3v) is 3.88. The molecule has 1 amide bonds. The van der Waals surface area contributed by atoms with Crippen molar-refractivity contribution in [1.29, 1.82) is 0 Å². The van der Waals surface area contributed by atoms with Crippen LogP contribution in [0.15, 0.2) is 30.3 Å². The monoisotopic (exact) mass is 357 g/mol. The fourth-order valence-corrected chi connectivity index (χ4v) is 2.66. The predicted octanol–water partition coefficient (Wildman–Crippen LogP) is 1.95. The summed E-state index contributed by atoms with van der Waals surface area (Å²) in [6.07, 6.45) is 0. The van der Waals surface area contributed by atoms with E-state index in [1.165, 1.54) is 7.11 Å². The normalized spacial score (nSPS) is 14.2. The van der Waals surface area contributed by atoms with E-state index in [2.05, 4.69) is 25.5 Å². The molecule has 0 radical (unpaired) electrons. The van der Waals surface area contributed by atoms with Crippen LogP contribution in [-0.2, 0) is 14.3 Å². The number of hydrogen-bond acceptors (Lipinski definition) is 7. The quantitative estimate of drug-likeness (QED) is 0.817. The number of hydrogen-bond donors (Lipinski definition) is 2. The number of rotatable bonds is 6. The Morgan fingerprint density at radius 1 is 1.19 bits per heavy atom. The minimum Gasteiger partial charge on any atom is -0.378 e. The van der Waals surface area contributed by atoms with E-state index in [4.69, 9.17) is 9.47 Å². The van der Waals surface area contributed by atoms with Gasteiger partial charge in [-0.05, 0) is 31.2 Å². The van der Waals surface area contributed by atoms with Gasteiger partial charge in [-0.2, -0.15) is 4.98 Å². The van der Waals surface area contributed by atoms with Gasteiger partial charge in [0.05, 0.1) is 13.2 Å². The fourth-order valence-electron chi connectivity index (χ4n) is 2.66. The van der Waals surface area contributed by atoms with E-state index in [9.17, 15) is 4.79 Å². The van der Waals surface area contributed by atoms with Crippen molar-refractivity contribution in [3.05, 3.63) is 36.0 Å². The van der Waals surface area contributed by atoms with Crippen molar-refractivity contribution in [2.75, 3.05) is 55.6 Å². The van der Waals surface area contributed by atoms with E-state index in [-0.39, 0.29) is 12.5 Å². The van der Waals surface area contributed by atoms with Gasteiger partial charge in [0, 0.05) is 43.3 Å². The lowest BCUT2D eigenvalue weighted by molar-refractivity contribution is -0.119. The van der Waals surface area contributed by atoms with Crippen LogP contribution < -0.4 is 15.5 Å². The lowest BCUT2D eigenvalue weighted by Crippen LogP contribution is -2.36. The highest BCUT2D eigenvalue weighted by Gasteiger charge is 2.14. The van der Waals surface area contributed by atoms with Crippen LogP contribution in [0, 0.1) is 6.92 Å². The van der Waals surface area contributed by atoms with Crippen LogP contribution >= 0.6 is 0 Å². The SMILES string of the molecule is COCC(=O)Nc1ccc(Nc2nc(C)cc(N3CCOCC3)n2)cc1. The zero-order valence-corrected chi connectivity index (χ0v) is 15.0. The zero-order chi connectivity index (χ0) is 18.4. The summed E-state index contributed by atoms with van der Waals surface area (Å²) in [5, 5.41) is 5.97. The molecule has 1 aromatic carbocycles. The molecule has 0 saturated carbocycles. The average Bonchev–Trinajstić information content (AvgIpc) is 2.64. The van der Waals surface area contributed by atoms with Gasteiger partial charge in [-0.25, -0.2) is 4.98 Å². The standard InChI is InChI=1S/C18H23N5O3/c1-13-11-16(23-7-9-26-10-8-23)22-18(19-13)21-15-5-3-14(4-6-15)20-17(24)12-25-2/h3-6,11H,7-10,12H2,1-2H3,(H,20,24)(H,19,21,22). The number of nitrogens with zero attached hydrogens (tertiary/aromatic N) is 3. The van der Waals surface area contributed by atoms with Crippen molar-refractivity contribution in [2.24, 2.45) is 0 Å². The Labute approximate surface area is 152 Å². The van der Waals surface area contributed by atoms with E-state index >= 15 is 0 Å². The Bertz CT molecular complexity index is 745. The largest absolute Gasteiger partial charge is 0.378 e. The number of carbonyl (C=O) groups is 1. The molecule has 0 atom stereocenters. The molecule has 26 heavy (non-hydrogen) atoms. The molecule has 138 valence electrons. The molecule has 0 aliphatic carbocycles. The van der Waals surface area contributed by atoms with E-state index in [1.54, 1.807) is 0 Å². The van der Waals surface area contributed by atoms with Crippen LogP contribution in [0.2, 0.25) is 0 Å². The van der Waals surface area contributed by atoms with E-state index in [0.717, 1.165) is 30.3 Å². The number of ether oxygens (including phenoxy) is 2. The summed E-state index contributed by atoms with van der Waals surface area (Å²) in [6.45, 7) is 5.05. The molecule has 8 heteroatoms. The Kier molecular flexibility index (Phi) is 5.98. The van der Waals surface area contributed by atoms with Gasteiger partial charge < -0.3 is 25.0 Å². The second kappa shape index (κ2) is 8.59. The third kappa shape index (κ3) is 4.90. The topological polar surface area (TPSA) is 88.6 Å². The minimum absolute atomic E-state index is 0.0292. The predicted molar refractivity (Wildman–Crippen MR) is 100 cm³/mol. The molecule has 3 rings (SSSR count). The summed E-state index contributed by atoms with van der Waals surface area (Å²) in [7, 11) is 1.49. The first-order valence-corrected chi connectivity index (χ1v) is 8.48. The summed E-state index contributed by atoms with van der Waals surface area (Å²) in [4.78, 5) is 22.8. The van der Waals surface area contributed by atoms with Crippen molar-refractivity contribution >= 4 is 29.0 Å². The minimum atomic E-state index is -0.189. The van der Waals surface area contributed by atoms with Crippen LogP contribution in [0.3, 0.4) is 0 Å². The van der Waals surface area contributed by atoms with Crippen LogP contribution in [0.4, 0.5) is 23.1 Å². The van der Waals surface area contributed by atoms with Crippen LogP contribution in [0.25, 0.3) is 0 Å². The van der Waals surface area contributed by atoms with E-state index < -0.39 is 0 Å². The van der Waals surface area contributed by atoms with Crippen LogP contribution in [0.1, 0.15) is 5.69 Å². The van der Waals surface area contributed by atoms with Gasteiger partial charge >= 0.3 is 0 Å². The highest BCUT2D eigenvalue weighted by Crippen LogP contribution is 2.20. The smallest absolute Gasteiger partial charge is 0.250 e. The van der Waals surface area contributed by atoms with Gasteiger partial charge in [-0.1, -0.05) is 0 Å². The van der Waals surface area contributed by atoms with Crippen molar-refractivity contribution in [3.63, 3.8) is 0 Å². The summed E-state index contributed by atoms with van der Waals surface area (Å²) in [5.41, 5.74) is 2.44. The molecule has 8 nitrogen and oxygen atoms in total. The number of amides is 1. The Morgan fingerprint density at radius 2 is 1.88 bits per heavy atom. The zero-order valence-electron chi connectivity index (χ0n) is 15.0. The highest BCUT2D eigenvalue weighted by atomic mass is 16.5. The number of morpholine rings is 1. The molecule has 0 bridgehead atoms. The van der Waals surface area contributed by atoms with Crippen molar-refractivity contribution in [1.82, 2.24) is 9.97 Å².